The first-order valence-corrected chi connectivity index (χ1v) is 6.76. The number of nitrogens with two attached hydrogens (primary N) is 1. The number of hydrogen-bond acceptors (Lipinski definition) is 3. The van der Waals surface area contributed by atoms with E-state index in [2.05, 4.69) is 6.92 Å². The lowest BCUT2D eigenvalue weighted by atomic mass is 9.74. The van der Waals surface area contributed by atoms with Crippen LogP contribution in [0, 0.1) is 0 Å². The van der Waals surface area contributed by atoms with Crippen molar-refractivity contribution >= 4 is 11.8 Å². The maximum absolute atomic E-state index is 10.5. The van der Waals surface area contributed by atoms with Gasteiger partial charge in [-0.1, -0.05) is 19.8 Å². The molecule has 1 aliphatic heterocycles. The van der Waals surface area contributed by atoms with Crippen LogP contribution in [-0.2, 0) is 0 Å². The van der Waals surface area contributed by atoms with Crippen molar-refractivity contribution in [3.63, 3.8) is 0 Å². The normalized spacial score (nSPS) is 25.7. The minimum atomic E-state index is -0.618. The van der Waals surface area contributed by atoms with Gasteiger partial charge in [0, 0.05) is 5.54 Å². The van der Waals surface area contributed by atoms with Gasteiger partial charge in [-0.05, 0) is 37.7 Å². The van der Waals surface area contributed by atoms with Crippen LogP contribution in [0.3, 0.4) is 0 Å². The van der Waals surface area contributed by atoms with Gasteiger partial charge in [-0.15, -0.1) is 0 Å². The van der Waals surface area contributed by atoms with E-state index in [1.807, 2.05) is 18.7 Å². The van der Waals surface area contributed by atoms with E-state index in [1.54, 1.807) is 0 Å². The largest absolute Gasteiger partial charge is 0.388 e. The molecule has 1 unspecified atom stereocenters. The Kier molecular flexibility index (Phi) is 4.29. The molecular weight excluding hydrogens is 194 g/mol. The van der Waals surface area contributed by atoms with Gasteiger partial charge in [0.15, 0.2) is 0 Å². The van der Waals surface area contributed by atoms with Gasteiger partial charge in [0.25, 0.3) is 0 Å². The fraction of sp³-hybridized carbons (Fsp3) is 1.00. The minimum absolute atomic E-state index is 0.399. The Hall–Kier alpha value is 0.270. The molecule has 1 heterocycles. The van der Waals surface area contributed by atoms with Gasteiger partial charge in [0.2, 0.25) is 0 Å². The van der Waals surface area contributed by atoms with E-state index in [4.69, 9.17) is 5.73 Å². The number of aliphatic hydroxyl groups is 1. The summed E-state index contributed by atoms with van der Waals surface area (Å²) in [6.07, 6.45) is 4.91. The van der Waals surface area contributed by atoms with Gasteiger partial charge in [-0.25, -0.2) is 0 Å². The van der Waals surface area contributed by atoms with E-state index < -0.39 is 11.1 Å². The molecule has 84 valence electrons. The lowest BCUT2D eigenvalue weighted by molar-refractivity contribution is -0.0398. The number of unbranched alkanes of at least 4 members (excludes halogenated alkanes) is 1. The molecular formula is C11H23NOS. The highest BCUT2D eigenvalue weighted by molar-refractivity contribution is 7.99. The molecule has 1 rings (SSSR count). The van der Waals surface area contributed by atoms with Crippen molar-refractivity contribution in [2.24, 2.45) is 5.73 Å². The summed E-state index contributed by atoms with van der Waals surface area (Å²) < 4.78 is 0. The van der Waals surface area contributed by atoms with Crippen LogP contribution >= 0.6 is 11.8 Å². The highest BCUT2D eigenvalue weighted by atomic mass is 32.2. The first-order valence-electron chi connectivity index (χ1n) is 5.61. The molecule has 1 aliphatic rings. The average molecular weight is 217 g/mol. The van der Waals surface area contributed by atoms with Crippen molar-refractivity contribution < 1.29 is 5.11 Å². The molecule has 0 aromatic heterocycles. The molecule has 0 bridgehead atoms. The zero-order chi connectivity index (χ0) is 10.7. The van der Waals surface area contributed by atoms with Crippen LogP contribution in [0.2, 0.25) is 0 Å². The van der Waals surface area contributed by atoms with E-state index in [-0.39, 0.29) is 0 Å². The fourth-order valence-electron chi connectivity index (χ4n) is 2.06. The monoisotopic (exact) mass is 217 g/mol. The minimum Gasteiger partial charge on any atom is -0.388 e. The standard InChI is InChI=1S/C11H23NOS/c1-3-4-5-10(2,12)11(13)6-8-14-9-7-11/h13H,3-9,12H2,1-2H3. The molecule has 0 amide bonds. The summed E-state index contributed by atoms with van der Waals surface area (Å²) in [6, 6.07) is 0. The molecule has 2 nitrogen and oxygen atoms in total. The third-order valence-electron chi connectivity index (χ3n) is 3.43. The Bertz CT molecular complexity index is 176. The molecule has 0 aromatic carbocycles. The highest BCUT2D eigenvalue weighted by Crippen LogP contribution is 2.36. The van der Waals surface area contributed by atoms with Crippen molar-refractivity contribution in [1.82, 2.24) is 0 Å². The van der Waals surface area contributed by atoms with E-state index in [0.29, 0.717) is 0 Å². The van der Waals surface area contributed by atoms with E-state index in [0.717, 1.165) is 43.6 Å². The molecule has 14 heavy (non-hydrogen) atoms. The van der Waals surface area contributed by atoms with Crippen molar-refractivity contribution in [2.45, 2.75) is 57.1 Å². The molecule has 3 N–H and O–H groups in total. The second-order valence-corrected chi connectivity index (χ2v) is 5.89. The zero-order valence-corrected chi connectivity index (χ0v) is 10.2. The Morgan fingerprint density at radius 3 is 2.50 bits per heavy atom. The predicted octanol–water partition coefficient (Wildman–Crippen LogP) is 2.15. The molecule has 1 fully saturated rings. The lowest BCUT2D eigenvalue weighted by Gasteiger charge is -2.45. The molecule has 1 atom stereocenters. The summed E-state index contributed by atoms with van der Waals surface area (Å²) in [5.41, 5.74) is 5.24. The maximum atomic E-state index is 10.5. The summed E-state index contributed by atoms with van der Waals surface area (Å²) in [7, 11) is 0. The Balaban J connectivity index is 2.57. The van der Waals surface area contributed by atoms with Gasteiger partial charge in [0.05, 0.1) is 5.60 Å². The average Bonchev–Trinajstić information content (AvgIpc) is 2.16. The van der Waals surface area contributed by atoms with Crippen molar-refractivity contribution in [3.8, 4) is 0 Å². The maximum Gasteiger partial charge on any atom is 0.0839 e. The van der Waals surface area contributed by atoms with Crippen LogP contribution in [0.4, 0.5) is 0 Å². The van der Waals surface area contributed by atoms with Crippen LogP contribution in [0.25, 0.3) is 0 Å². The highest BCUT2D eigenvalue weighted by Gasteiger charge is 2.44. The Morgan fingerprint density at radius 2 is 2.00 bits per heavy atom. The van der Waals surface area contributed by atoms with Gasteiger partial charge in [-0.3, -0.25) is 0 Å². The molecule has 0 aliphatic carbocycles. The second kappa shape index (κ2) is 4.86. The fourth-order valence-corrected chi connectivity index (χ4v) is 3.23. The third kappa shape index (κ3) is 2.65. The van der Waals surface area contributed by atoms with Crippen LogP contribution in [0.5, 0.6) is 0 Å². The van der Waals surface area contributed by atoms with Gasteiger partial charge in [0.1, 0.15) is 0 Å². The van der Waals surface area contributed by atoms with Crippen molar-refractivity contribution in [2.75, 3.05) is 11.5 Å². The van der Waals surface area contributed by atoms with Crippen LogP contribution in [0.15, 0.2) is 0 Å². The van der Waals surface area contributed by atoms with Crippen molar-refractivity contribution in [3.05, 3.63) is 0 Å². The molecule has 0 aromatic rings. The van der Waals surface area contributed by atoms with Crippen molar-refractivity contribution in [1.29, 1.82) is 0 Å². The van der Waals surface area contributed by atoms with Gasteiger partial charge in [-0.2, -0.15) is 11.8 Å². The predicted molar refractivity (Wildman–Crippen MR) is 63.6 cm³/mol. The SMILES string of the molecule is CCCCC(C)(N)C1(O)CCSCC1. The molecule has 0 spiro atoms. The first kappa shape index (κ1) is 12.3. The number of hydrogen-bond donors (Lipinski definition) is 2. The van der Waals surface area contributed by atoms with Gasteiger partial charge < -0.3 is 10.8 Å². The Labute approximate surface area is 91.6 Å². The quantitative estimate of drug-likeness (QED) is 0.758. The summed E-state index contributed by atoms with van der Waals surface area (Å²) in [5.74, 6) is 2.10. The van der Waals surface area contributed by atoms with Gasteiger partial charge >= 0.3 is 0 Å². The molecule has 0 radical (unpaired) electrons. The smallest absolute Gasteiger partial charge is 0.0839 e. The third-order valence-corrected chi connectivity index (χ3v) is 4.42. The number of rotatable bonds is 4. The summed E-state index contributed by atoms with van der Waals surface area (Å²) in [4.78, 5) is 0. The molecule has 3 heteroatoms. The van der Waals surface area contributed by atoms with Crippen LogP contribution < -0.4 is 5.73 Å². The van der Waals surface area contributed by atoms with E-state index in [1.165, 1.54) is 0 Å². The lowest BCUT2D eigenvalue weighted by Crippen LogP contribution is -2.60. The molecule has 1 saturated heterocycles. The summed E-state index contributed by atoms with van der Waals surface area (Å²) >= 11 is 1.92. The number of thioether (sulfide) groups is 1. The summed E-state index contributed by atoms with van der Waals surface area (Å²) in [6.45, 7) is 4.18. The van der Waals surface area contributed by atoms with Crippen LogP contribution in [0.1, 0.15) is 46.0 Å². The van der Waals surface area contributed by atoms with Crippen LogP contribution in [-0.4, -0.2) is 27.8 Å². The molecule has 0 saturated carbocycles. The van der Waals surface area contributed by atoms with E-state index in [9.17, 15) is 5.11 Å². The second-order valence-electron chi connectivity index (χ2n) is 4.66. The van der Waals surface area contributed by atoms with E-state index >= 15 is 0 Å². The first-order chi connectivity index (χ1) is 6.52. The summed E-state index contributed by atoms with van der Waals surface area (Å²) in [5, 5.41) is 10.5. The Morgan fingerprint density at radius 1 is 1.43 bits per heavy atom. The topological polar surface area (TPSA) is 46.2 Å². The zero-order valence-electron chi connectivity index (χ0n) is 9.38.